The van der Waals surface area contributed by atoms with E-state index in [0.29, 0.717) is 5.56 Å². The molecule has 1 aromatic carbocycles. The summed E-state index contributed by atoms with van der Waals surface area (Å²) in [7, 11) is 0. The quantitative estimate of drug-likeness (QED) is 0.730. The third-order valence-electron chi connectivity index (χ3n) is 2.10. The van der Waals surface area contributed by atoms with Crippen molar-refractivity contribution in [3.05, 3.63) is 28.0 Å². The van der Waals surface area contributed by atoms with Crippen molar-refractivity contribution >= 4 is 34.5 Å². The van der Waals surface area contributed by atoms with Gasteiger partial charge in [-0.15, -0.1) is 0 Å². The van der Waals surface area contributed by atoms with Crippen LogP contribution < -0.4 is 4.74 Å². The standard InChI is InChI=1S/C9H6BrF2NOS/c10-5-2-1-4-8(13-15)6(11)3-14-9(4)7(5)12/h1-2,6,15H,3H2/b13-8-. The van der Waals surface area contributed by atoms with Crippen molar-refractivity contribution in [1.82, 2.24) is 0 Å². The van der Waals surface area contributed by atoms with E-state index in [2.05, 4.69) is 33.1 Å². The molecule has 6 heteroatoms. The summed E-state index contributed by atoms with van der Waals surface area (Å²) in [4.78, 5) is 0. The molecule has 1 heterocycles. The van der Waals surface area contributed by atoms with Crippen LogP contribution >= 0.6 is 28.7 Å². The lowest BCUT2D eigenvalue weighted by molar-refractivity contribution is 0.222. The van der Waals surface area contributed by atoms with E-state index < -0.39 is 12.0 Å². The van der Waals surface area contributed by atoms with Crippen molar-refractivity contribution in [2.45, 2.75) is 6.17 Å². The van der Waals surface area contributed by atoms with Crippen LogP contribution in [0.2, 0.25) is 0 Å². The van der Waals surface area contributed by atoms with Crippen molar-refractivity contribution in [3.8, 4) is 5.75 Å². The van der Waals surface area contributed by atoms with Crippen molar-refractivity contribution in [3.63, 3.8) is 0 Å². The molecular formula is C9H6BrF2NOS. The normalized spacial score (nSPS) is 22.4. The zero-order valence-corrected chi connectivity index (χ0v) is 9.86. The zero-order valence-electron chi connectivity index (χ0n) is 7.38. The van der Waals surface area contributed by atoms with Crippen LogP contribution in [-0.4, -0.2) is 18.5 Å². The second-order valence-electron chi connectivity index (χ2n) is 3.00. The van der Waals surface area contributed by atoms with Crippen LogP contribution in [0.3, 0.4) is 0 Å². The first-order chi connectivity index (χ1) is 7.15. The number of nitrogens with zero attached hydrogens (tertiary/aromatic N) is 1. The van der Waals surface area contributed by atoms with Crippen molar-refractivity contribution in [2.75, 3.05) is 6.61 Å². The van der Waals surface area contributed by atoms with Gasteiger partial charge >= 0.3 is 0 Å². The van der Waals surface area contributed by atoms with E-state index >= 15 is 0 Å². The Balaban J connectivity index is 2.62. The molecule has 0 aliphatic carbocycles. The molecule has 1 unspecified atom stereocenters. The SMILES string of the molecule is Fc1c(Br)ccc2c1OCC(F)/C2=N\S. The predicted molar refractivity (Wildman–Crippen MR) is 60.0 cm³/mol. The summed E-state index contributed by atoms with van der Waals surface area (Å²) in [5.74, 6) is -0.528. The largest absolute Gasteiger partial charge is 0.486 e. The molecule has 1 aliphatic heterocycles. The molecule has 0 radical (unpaired) electrons. The maximum Gasteiger partial charge on any atom is 0.179 e. The Labute approximate surface area is 99.0 Å². The molecule has 0 fully saturated rings. The van der Waals surface area contributed by atoms with Crippen LogP contribution in [0.15, 0.2) is 21.0 Å². The Morgan fingerprint density at radius 2 is 2.27 bits per heavy atom. The van der Waals surface area contributed by atoms with Crippen LogP contribution in [0.5, 0.6) is 5.75 Å². The first-order valence-electron chi connectivity index (χ1n) is 4.12. The van der Waals surface area contributed by atoms with Gasteiger partial charge in [0.05, 0.1) is 10.2 Å². The number of hydrogen-bond acceptors (Lipinski definition) is 3. The first-order valence-corrected chi connectivity index (χ1v) is 5.31. The molecule has 0 saturated heterocycles. The number of ether oxygens (including phenoxy) is 1. The fourth-order valence-electron chi connectivity index (χ4n) is 1.40. The minimum atomic E-state index is -1.37. The van der Waals surface area contributed by atoms with Gasteiger partial charge in [0.15, 0.2) is 17.7 Å². The number of thiol groups is 1. The Morgan fingerprint density at radius 3 is 2.93 bits per heavy atom. The molecule has 2 rings (SSSR count). The molecular weight excluding hydrogens is 288 g/mol. The van der Waals surface area contributed by atoms with Gasteiger partial charge in [-0.05, 0) is 40.9 Å². The first kappa shape index (κ1) is 10.9. The van der Waals surface area contributed by atoms with Gasteiger partial charge in [0.2, 0.25) is 0 Å². The molecule has 2 nitrogen and oxygen atoms in total. The van der Waals surface area contributed by atoms with E-state index in [1.54, 1.807) is 6.07 Å². The third-order valence-corrected chi connectivity index (χ3v) is 2.93. The monoisotopic (exact) mass is 293 g/mol. The summed E-state index contributed by atoms with van der Waals surface area (Å²) in [5, 5.41) is 0. The lowest BCUT2D eigenvalue weighted by Crippen LogP contribution is -2.30. The minimum Gasteiger partial charge on any atom is -0.486 e. The molecule has 1 aliphatic rings. The molecule has 1 atom stereocenters. The van der Waals surface area contributed by atoms with Crippen molar-refractivity contribution in [1.29, 1.82) is 0 Å². The highest BCUT2D eigenvalue weighted by Gasteiger charge is 2.29. The topological polar surface area (TPSA) is 21.6 Å². The molecule has 15 heavy (non-hydrogen) atoms. The number of benzene rings is 1. The smallest absolute Gasteiger partial charge is 0.179 e. The predicted octanol–water partition coefficient (Wildman–Crippen LogP) is 2.95. The molecule has 0 bridgehead atoms. The van der Waals surface area contributed by atoms with E-state index in [0.717, 1.165) is 0 Å². The van der Waals surface area contributed by atoms with Crippen LogP contribution in [0.1, 0.15) is 5.56 Å². The second-order valence-corrected chi connectivity index (χ2v) is 4.06. The lowest BCUT2D eigenvalue weighted by atomic mass is 10.0. The van der Waals surface area contributed by atoms with Gasteiger partial charge in [0, 0.05) is 5.56 Å². The summed E-state index contributed by atoms with van der Waals surface area (Å²) in [6.07, 6.45) is -1.37. The van der Waals surface area contributed by atoms with E-state index in [4.69, 9.17) is 4.74 Å². The molecule has 80 valence electrons. The zero-order chi connectivity index (χ0) is 11.0. The van der Waals surface area contributed by atoms with E-state index in [9.17, 15) is 8.78 Å². The maximum absolute atomic E-state index is 13.5. The molecule has 0 aromatic heterocycles. The molecule has 0 amide bonds. The number of fused-ring (bicyclic) bond motifs is 1. The summed E-state index contributed by atoms with van der Waals surface area (Å²) < 4.78 is 35.6. The highest BCUT2D eigenvalue weighted by Crippen LogP contribution is 2.33. The molecule has 0 N–H and O–H groups in total. The molecule has 1 aromatic rings. The summed E-state index contributed by atoms with van der Waals surface area (Å²) in [5.41, 5.74) is 0.412. The Morgan fingerprint density at radius 1 is 1.53 bits per heavy atom. The number of hydrogen-bond donors (Lipinski definition) is 1. The van der Waals surface area contributed by atoms with Crippen LogP contribution in [-0.2, 0) is 0 Å². The average Bonchev–Trinajstić information content (AvgIpc) is 2.23. The second kappa shape index (κ2) is 4.09. The minimum absolute atomic E-state index is 0.0195. The van der Waals surface area contributed by atoms with Crippen molar-refractivity contribution in [2.24, 2.45) is 4.40 Å². The summed E-state index contributed by atoms with van der Waals surface area (Å²) in [6.45, 7) is -0.236. The van der Waals surface area contributed by atoms with Gasteiger partial charge in [0.25, 0.3) is 0 Å². The summed E-state index contributed by atoms with van der Waals surface area (Å²) in [6, 6.07) is 3.03. The fraction of sp³-hybridized carbons (Fsp3) is 0.222. The lowest BCUT2D eigenvalue weighted by Gasteiger charge is -2.22. The van der Waals surface area contributed by atoms with Gasteiger partial charge in [-0.2, -0.15) is 0 Å². The Kier molecular flexibility index (Phi) is 2.97. The van der Waals surface area contributed by atoms with Gasteiger partial charge < -0.3 is 4.74 Å². The van der Waals surface area contributed by atoms with E-state index in [1.165, 1.54) is 6.07 Å². The van der Waals surface area contributed by atoms with Gasteiger partial charge in [0.1, 0.15) is 6.61 Å². The average molecular weight is 294 g/mol. The van der Waals surface area contributed by atoms with Crippen LogP contribution in [0.25, 0.3) is 0 Å². The van der Waals surface area contributed by atoms with Gasteiger partial charge in [-0.1, -0.05) is 0 Å². The van der Waals surface area contributed by atoms with E-state index in [1.807, 2.05) is 0 Å². The summed E-state index contributed by atoms with van der Waals surface area (Å²) >= 11 is 6.69. The Bertz CT molecular complexity index is 438. The molecule has 0 saturated carbocycles. The van der Waals surface area contributed by atoms with Crippen LogP contribution in [0, 0.1) is 5.82 Å². The van der Waals surface area contributed by atoms with E-state index in [-0.39, 0.29) is 22.5 Å². The number of alkyl halides is 1. The van der Waals surface area contributed by atoms with Crippen molar-refractivity contribution < 1.29 is 13.5 Å². The highest BCUT2D eigenvalue weighted by molar-refractivity contribution is 9.10. The maximum atomic E-state index is 13.5. The molecule has 0 spiro atoms. The van der Waals surface area contributed by atoms with Crippen LogP contribution in [0.4, 0.5) is 8.78 Å². The third kappa shape index (κ3) is 1.76. The fourth-order valence-corrected chi connectivity index (χ4v) is 1.94. The highest BCUT2D eigenvalue weighted by atomic mass is 79.9. The number of halogens is 3. The Hall–Kier alpha value is -0.620. The van der Waals surface area contributed by atoms with Gasteiger partial charge in [-0.3, -0.25) is 0 Å². The van der Waals surface area contributed by atoms with Gasteiger partial charge in [-0.25, -0.2) is 13.2 Å². The number of rotatable bonds is 0.